The second-order valence-electron chi connectivity index (χ2n) is 5.67. The Labute approximate surface area is 132 Å². The summed E-state index contributed by atoms with van der Waals surface area (Å²) in [5.41, 5.74) is 0.698. The molecule has 1 aliphatic heterocycles. The third kappa shape index (κ3) is 2.56. The van der Waals surface area contributed by atoms with Gasteiger partial charge < -0.3 is 4.74 Å². The minimum atomic E-state index is -0.345. The number of thiophene rings is 1. The van der Waals surface area contributed by atoms with E-state index in [1.165, 1.54) is 11.3 Å². The number of carbonyl (C=O) groups excluding carboxylic acids is 1. The summed E-state index contributed by atoms with van der Waals surface area (Å²) in [4.78, 5) is 30.7. The average Bonchev–Trinajstić information content (AvgIpc) is 2.69. The maximum Gasteiger partial charge on any atom is 0.348 e. The fourth-order valence-corrected chi connectivity index (χ4v) is 3.95. The quantitative estimate of drug-likeness (QED) is 0.816. The summed E-state index contributed by atoms with van der Waals surface area (Å²) < 4.78 is 7.00. The summed E-state index contributed by atoms with van der Waals surface area (Å²) in [5.74, 6) is 0.506. The van der Waals surface area contributed by atoms with Gasteiger partial charge in [-0.05, 0) is 31.7 Å². The predicted molar refractivity (Wildman–Crippen MR) is 86.7 cm³/mol. The van der Waals surface area contributed by atoms with Crippen LogP contribution in [0.5, 0.6) is 0 Å². The first kappa shape index (κ1) is 15.2. The predicted octanol–water partition coefficient (Wildman–Crippen LogP) is 3.06. The fourth-order valence-electron chi connectivity index (χ4n) is 2.86. The van der Waals surface area contributed by atoms with Gasteiger partial charge in [0.15, 0.2) is 0 Å². The summed E-state index contributed by atoms with van der Waals surface area (Å²) in [6, 6.07) is 0. The first-order valence-electron chi connectivity index (χ1n) is 7.83. The van der Waals surface area contributed by atoms with Crippen LogP contribution in [0.25, 0.3) is 10.2 Å². The Balaban J connectivity index is 2.13. The minimum Gasteiger partial charge on any atom is -0.462 e. The van der Waals surface area contributed by atoms with Crippen molar-refractivity contribution >= 4 is 27.5 Å². The maximum atomic E-state index is 12.8. The molecule has 2 aromatic heterocycles. The highest BCUT2D eigenvalue weighted by atomic mass is 32.1. The number of rotatable bonds is 3. The highest BCUT2D eigenvalue weighted by Crippen LogP contribution is 2.28. The monoisotopic (exact) mass is 320 g/mol. The maximum absolute atomic E-state index is 12.8. The third-order valence-electron chi connectivity index (χ3n) is 4.03. The Hall–Kier alpha value is -1.69. The van der Waals surface area contributed by atoms with Crippen LogP contribution in [0.3, 0.4) is 0 Å². The van der Waals surface area contributed by atoms with Crippen molar-refractivity contribution in [1.82, 2.24) is 9.55 Å². The van der Waals surface area contributed by atoms with E-state index in [2.05, 4.69) is 4.98 Å². The summed E-state index contributed by atoms with van der Waals surface area (Å²) in [6.45, 7) is 4.89. The van der Waals surface area contributed by atoms with Crippen molar-refractivity contribution in [2.24, 2.45) is 0 Å². The van der Waals surface area contributed by atoms with Crippen LogP contribution in [0.15, 0.2) is 4.79 Å². The largest absolute Gasteiger partial charge is 0.462 e. The third-order valence-corrected chi connectivity index (χ3v) is 5.20. The summed E-state index contributed by atoms with van der Waals surface area (Å²) in [5, 5.41) is 0.582. The molecule has 0 bridgehead atoms. The van der Waals surface area contributed by atoms with Gasteiger partial charge in [0.05, 0.1) is 12.0 Å². The van der Waals surface area contributed by atoms with Gasteiger partial charge in [-0.2, -0.15) is 0 Å². The van der Waals surface area contributed by atoms with E-state index in [0.29, 0.717) is 27.3 Å². The molecule has 0 amide bonds. The number of esters is 1. The number of carbonyl (C=O) groups is 1. The van der Waals surface area contributed by atoms with E-state index < -0.39 is 0 Å². The van der Waals surface area contributed by atoms with E-state index in [-0.39, 0.29) is 11.5 Å². The molecule has 0 unspecified atom stereocenters. The Kier molecular flexibility index (Phi) is 4.29. The topological polar surface area (TPSA) is 61.2 Å². The molecule has 6 heteroatoms. The van der Waals surface area contributed by atoms with E-state index in [0.717, 1.165) is 44.5 Å². The van der Waals surface area contributed by atoms with Gasteiger partial charge in [-0.3, -0.25) is 9.36 Å². The smallest absolute Gasteiger partial charge is 0.348 e. The summed E-state index contributed by atoms with van der Waals surface area (Å²) >= 11 is 1.28. The lowest BCUT2D eigenvalue weighted by Crippen LogP contribution is -2.24. The Morgan fingerprint density at radius 1 is 1.36 bits per heavy atom. The van der Waals surface area contributed by atoms with Gasteiger partial charge >= 0.3 is 5.97 Å². The first-order valence-corrected chi connectivity index (χ1v) is 8.65. The SMILES string of the molecule is CCCOC(=O)c1sc2nc3n(c(=O)c2c1C)CCCCC3. The molecule has 3 heterocycles. The van der Waals surface area contributed by atoms with Crippen molar-refractivity contribution in [3.8, 4) is 0 Å². The number of ether oxygens (including phenoxy) is 1. The molecular weight excluding hydrogens is 300 g/mol. The lowest BCUT2D eigenvalue weighted by molar-refractivity contribution is 0.0510. The molecule has 0 aromatic carbocycles. The van der Waals surface area contributed by atoms with Crippen molar-refractivity contribution in [3.05, 3.63) is 26.6 Å². The molecule has 118 valence electrons. The number of hydrogen-bond acceptors (Lipinski definition) is 5. The van der Waals surface area contributed by atoms with Gasteiger partial charge in [-0.1, -0.05) is 13.3 Å². The van der Waals surface area contributed by atoms with E-state index in [4.69, 9.17) is 4.74 Å². The lowest BCUT2D eigenvalue weighted by Gasteiger charge is -2.08. The number of hydrogen-bond donors (Lipinski definition) is 0. The zero-order chi connectivity index (χ0) is 15.7. The number of fused-ring (bicyclic) bond motifs is 2. The van der Waals surface area contributed by atoms with E-state index in [1.807, 2.05) is 13.8 Å². The average molecular weight is 320 g/mol. The molecule has 0 fully saturated rings. The van der Waals surface area contributed by atoms with E-state index >= 15 is 0 Å². The second kappa shape index (κ2) is 6.20. The van der Waals surface area contributed by atoms with Gasteiger partial charge in [0.2, 0.25) is 0 Å². The minimum absolute atomic E-state index is 0.00908. The zero-order valence-corrected chi connectivity index (χ0v) is 13.8. The molecule has 0 saturated heterocycles. The van der Waals surface area contributed by atoms with Crippen LogP contribution >= 0.6 is 11.3 Å². The van der Waals surface area contributed by atoms with Crippen LogP contribution < -0.4 is 5.56 Å². The van der Waals surface area contributed by atoms with Crippen LogP contribution in [-0.2, 0) is 17.7 Å². The Morgan fingerprint density at radius 2 is 2.18 bits per heavy atom. The molecule has 3 rings (SSSR count). The standard InChI is InChI=1S/C16H20N2O3S/c1-3-9-21-16(20)13-10(2)12-14(22-13)17-11-7-5-4-6-8-18(11)15(12)19/h3-9H2,1-2H3. The highest BCUT2D eigenvalue weighted by Gasteiger charge is 2.22. The van der Waals surface area contributed by atoms with Crippen LogP contribution in [-0.4, -0.2) is 22.1 Å². The molecule has 0 saturated carbocycles. The van der Waals surface area contributed by atoms with Crippen molar-refractivity contribution in [1.29, 1.82) is 0 Å². The second-order valence-corrected chi connectivity index (χ2v) is 6.67. The van der Waals surface area contributed by atoms with Crippen molar-refractivity contribution in [2.45, 2.75) is 52.5 Å². The van der Waals surface area contributed by atoms with Gasteiger partial charge in [0.25, 0.3) is 5.56 Å². The number of aromatic nitrogens is 2. The first-order chi connectivity index (χ1) is 10.6. The Bertz CT molecular complexity index is 776. The van der Waals surface area contributed by atoms with E-state index in [1.54, 1.807) is 4.57 Å². The molecule has 0 spiro atoms. The van der Waals surface area contributed by atoms with Crippen LogP contribution in [0.4, 0.5) is 0 Å². The van der Waals surface area contributed by atoms with Crippen LogP contribution in [0, 0.1) is 6.92 Å². The normalized spacial score (nSPS) is 14.6. The fraction of sp³-hybridized carbons (Fsp3) is 0.562. The lowest BCUT2D eigenvalue weighted by atomic mass is 10.2. The molecule has 0 radical (unpaired) electrons. The zero-order valence-electron chi connectivity index (χ0n) is 13.0. The molecule has 1 aliphatic rings. The number of aryl methyl sites for hydroxylation is 2. The van der Waals surface area contributed by atoms with Gasteiger partial charge in [-0.15, -0.1) is 11.3 Å². The summed E-state index contributed by atoms with van der Waals surface area (Å²) in [7, 11) is 0. The van der Waals surface area contributed by atoms with Gasteiger partial charge in [-0.25, -0.2) is 9.78 Å². The molecule has 22 heavy (non-hydrogen) atoms. The highest BCUT2D eigenvalue weighted by molar-refractivity contribution is 7.20. The van der Waals surface area contributed by atoms with Crippen molar-refractivity contribution in [2.75, 3.05) is 6.61 Å². The van der Waals surface area contributed by atoms with Gasteiger partial charge in [0.1, 0.15) is 15.5 Å². The van der Waals surface area contributed by atoms with Gasteiger partial charge in [0, 0.05) is 13.0 Å². The van der Waals surface area contributed by atoms with E-state index in [9.17, 15) is 9.59 Å². The molecule has 5 nitrogen and oxygen atoms in total. The molecule has 0 aliphatic carbocycles. The van der Waals surface area contributed by atoms with Crippen molar-refractivity contribution < 1.29 is 9.53 Å². The molecule has 0 N–H and O–H groups in total. The van der Waals surface area contributed by atoms with Crippen molar-refractivity contribution in [3.63, 3.8) is 0 Å². The molecule has 2 aromatic rings. The Morgan fingerprint density at radius 3 is 2.95 bits per heavy atom. The molecular formula is C16H20N2O3S. The summed E-state index contributed by atoms with van der Waals surface area (Å²) in [6.07, 6.45) is 4.81. The molecule has 0 atom stereocenters. The van der Waals surface area contributed by atoms with Crippen LogP contribution in [0.1, 0.15) is 53.7 Å². The van der Waals surface area contributed by atoms with Crippen LogP contribution in [0.2, 0.25) is 0 Å². The number of nitrogens with zero attached hydrogens (tertiary/aromatic N) is 2.